The number of pyridine rings is 3. The van der Waals surface area contributed by atoms with Gasteiger partial charge in [-0.15, -0.1) is 0 Å². The predicted molar refractivity (Wildman–Crippen MR) is 92.1 cm³/mol. The number of rotatable bonds is 1. The minimum absolute atomic E-state index is 0.0517. The number of fused-ring (bicyclic) bond motifs is 3. The molecule has 22 heavy (non-hydrogen) atoms. The van der Waals surface area contributed by atoms with Gasteiger partial charge in [0.15, 0.2) is 0 Å². The van der Waals surface area contributed by atoms with E-state index in [1.54, 1.807) is 16.8 Å². The quantitative estimate of drug-likeness (QED) is 0.480. The Balaban J connectivity index is 2.23. The number of nitrogens with zero attached hydrogens (tertiary/aromatic N) is 2. The Labute approximate surface area is 135 Å². The molecule has 0 saturated carbocycles. The van der Waals surface area contributed by atoms with E-state index in [1.807, 2.05) is 54.6 Å². The summed E-state index contributed by atoms with van der Waals surface area (Å²) in [5, 5.41) is 1.97. The molecule has 0 aliphatic heterocycles. The van der Waals surface area contributed by atoms with E-state index in [4.69, 9.17) is 0 Å². The van der Waals surface area contributed by atoms with Crippen LogP contribution in [0, 0.1) is 0 Å². The molecule has 0 fully saturated rings. The summed E-state index contributed by atoms with van der Waals surface area (Å²) in [6, 6.07) is 17.5. The number of halogens is 1. The first-order valence-electron chi connectivity index (χ1n) is 6.90. The smallest absolute Gasteiger partial charge is 0.265 e. The predicted octanol–water partition coefficient (Wildman–Crippen LogP) is 4.28. The van der Waals surface area contributed by atoms with Gasteiger partial charge >= 0.3 is 0 Å². The molecule has 0 spiro atoms. The van der Waals surface area contributed by atoms with Crippen molar-refractivity contribution in [3.05, 3.63) is 81.8 Å². The van der Waals surface area contributed by atoms with Gasteiger partial charge in [-0.3, -0.25) is 14.2 Å². The first-order valence-corrected chi connectivity index (χ1v) is 7.69. The van der Waals surface area contributed by atoms with Gasteiger partial charge in [0.05, 0.1) is 16.8 Å². The zero-order valence-corrected chi connectivity index (χ0v) is 13.1. The van der Waals surface area contributed by atoms with Crippen LogP contribution in [-0.4, -0.2) is 9.38 Å². The minimum atomic E-state index is -0.0517. The summed E-state index contributed by atoms with van der Waals surface area (Å²) >= 11 is 3.38. The van der Waals surface area contributed by atoms with Crippen molar-refractivity contribution < 1.29 is 0 Å². The topological polar surface area (TPSA) is 34.4 Å². The molecule has 1 aromatic carbocycles. The second kappa shape index (κ2) is 5.07. The lowest BCUT2D eigenvalue weighted by Crippen LogP contribution is -2.16. The molecule has 0 saturated heterocycles. The number of benzene rings is 1. The summed E-state index contributed by atoms with van der Waals surface area (Å²) in [5.74, 6) is 0. The maximum Gasteiger partial charge on any atom is 0.265 e. The fourth-order valence-corrected chi connectivity index (χ4v) is 3.01. The number of hydrogen-bond acceptors (Lipinski definition) is 2. The summed E-state index contributed by atoms with van der Waals surface area (Å²) in [6.07, 6.45) is 3.51. The van der Waals surface area contributed by atoms with E-state index >= 15 is 0 Å². The maximum atomic E-state index is 12.9. The van der Waals surface area contributed by atoms with Gasteiger partial charge in [-0.1, -0.05) is 30.3 Å². The Bertz CT molecular complexity index is 1050. The molecule has 0 amide bonds. The van der Waals surface area contributed by atoms with Crippen LogP contribution in [0.3, 0.4) is 0 Å². The van der Waals surface area contributed by atoms with Crippen molar-refractivity contribution in [2.24, 2.45) is 0 Å². The van der Waals surface area contributed by atoms with Crippen molar-refractivity contribution in [3.63, 3.8) is 0 Å². The molecule has 0 aliphatic rings. The Kier molecular flexibility index (Phi) is 3.05. The van der Waals surface area contributed by atoms with Gasteiger partial charge < -0.3 is 0 Å². The summed E-state index contributed by atoms with van der Waals surface area (Å²) in [4.78, 5) is 17.3. The van der Waals surface area contributed by atoms with Gasteiger partial charge in [0, 0.05) is 22.3 Å². The van der Waals surface area contributed by atoms with Crippen LogP contribution in [0.25, 0.3) is 27.5 Å². The summed E-state index contributed by atoms with van der Waals surface area (Å²) in [6.45, 7) is 0. The fraction of sp³-hybridized carbons (Fsp3) is 0. The molecule has 0 aliphatic carbocycles. The van der Waals surface area contributed by atoms with Crippen LogP contribution >= 0.6 is 15.9 Å². The number of aromatic nitrogens is 2. The van der Waals surface area contributed by atoms with Crippen molar-refractivity contribution in [2.45, 2.75) is 0 Å². The molecule has 106 valence electrons. The van der Waals surface area contributed by atoms with E-state index in [-0.39, 0.29) is 5.56 Å². The van der Waals surface area contributed by atoms with Gasteiger partial charge in [0.25, 0.3) is 5.56 Å². The Morgan fingerprint density at radius 3 is 2.45 bits per heavy atom. The van der Waals surface area contributed by atoms with Crippen molar-refractivity contribution >= 4 is 32.2 Å². The third-order valence-electron chi connectivity index (χ3n) is 3.75. The Morgan fingerprint density at radius 2 is 1.68 bits per heavy atom. The van der Waals surface area contributed by atoms with E-state index < -0.39 is 0 Å². The maximum absolute atomic E-state index is 12.9. The molecule has 0 N–H and O–H groups in total. The molecule has 0 radical (unpaired) electrons. The average molecular weight is 351 g/mol. The van der Waals surface area contributed by atoms with Crippen LogP contribution in [0.15, 0.2) is 76.3 Å². The lowest BCUT2D eigenvalue weighted by Gasteiger charge is -2.10. The average Bonchev–Trinajstić information content (AvgIpc) is 2.57. The largest absolute Gasteiger partial charge is 0.283 e. The van der Waals surface area contributed by atoms with Crippen LogP contribution in [0.1, 0.15) is 0 Å². The Morgan fingerprint density at radius 1 is 0.909 bits per heavy atom. The van der Waals surface area contributed by atoms with E-state index in [1.165, 1.54) is 0 Å². The standard InChI is InChI=1S/C18H11BrN2O/c19-12-8-9-15(20-11-12)17-14-6-2-1-5-13(14)16-7-3-4-10-21(16)18(17)22/h1-11H. The molecule has 3 heterocycles. The van der Waals surface area contributed by atoms with Crippen LogP contribution in [-0.2, 0) is 0 Å². The summed E-state index contributed by atoms with van der Waals surface area (Å²) in [5.41, 5.74) is 2.17. The van der Waals surface area contributed by atoms with E-state index in [0.717, 1.165) is 20.8 Å². The molecule has 4 rings (SSSR count). The first-order chi connectivity index (χ1) is 10.8. The second-order valence-corrected chi connectivity index (χ2v) is 5.96. The van der Waals surface area contributed by atoms with Crippen molar-refractivity contribution in [3.8, 4) is 11.3 Å². The lowest BCUT2D eigenvalue weighted by atomic mass is 10.0. The van der Waals surface area contributed by atoms with E-state index in [2.05, 4.69) is 20.9 Å². The molecule has 4 heteroatoms. The van der Waals surface area contributed by atoms with Gasteiger partial charge in [0.1, 0.15) is 0 Å². The third-order valence-corrected chi connectivity index (χ3v) is 4.22. The summed E-state index contributed by atoms with van der Waals surface area (Å²) in [7, 11) is 0. The van der Waals surface area contributed by atoms with Gasteiger partial charge in [-0.05, 0) is 45.6 Å². The van der Waals surface area contributed by atoms with Gasteiger partial charge in [-0.25, -0.2) is 0 Å². The molecular formula is C18H11BrN2O. The monoisotopic (exact) mass is 350 g/mol. The molecule has 4 aromatic rings. The number of hydrogen-bond donors (Lipinski definition) is 0. The summed E-state index contributed by atoms with van der Waals surface area (Å²) < 4.78 is 2.57. The Hall–Kier alpha value is -2.46. The molecule has 0 bridgehead atoms. The normalized spacial score (nSPS) is 11.1. The highest BCUT2D eigenvalue weighted by Crippen LogP contribution is 2.27. The van der Waals surface area contributed by atoms with Crippen molar-refractivity contribution in [2.75, 3.05) is 0 Å². The highest BCUT2D eigenvalue weighted by molar-refractivity contribution is 9.10. The molecule has 3 nitrogen and oxygen atoms in total. The highest BCUT2D eigenvalue weighted by atomic mass is 79.9. The SMILES string of the molecule is O=c1c(-c2ccc(Br)cn2)c2ccccc2c2ccccn12. The molecular weight excluding hydrogens is 340 g/mol. The van der Waals surface area contributed by atoms with E-state index in [9.17, 15) is 4.79 Å². The molecule has 0 unspecified atom stereocenters. The van der Waals surface area contributed by atoms with Gasteiger partial charge in [-0.2, -0.15) is 0 Å². The van der Waals surface area contributed by atoms with Gasteiger partial charge in [0.2, 0.25) is 0 Å². The third kappa shape index (κ3) is 1.96. The first kappa shape index (κ1) is 13.2. The fourth-order valence-electron chi connectivity index (χ4n) is 2.77. The highest BCUT2D eigenvalue weighted by Gasteiger charge is 2.13. The van der Waals surface area contributed by atoms with E-state index in [0.29, 0.717) is 11.3 Å². The molecule has 0 atom stereocenters. The zero-order chi connectivity index (χ0) is 15.1. The van der Waals surface area contributed by atoms with Crippen LogP contribution in [0.4, 0.5) is 0 Å². The van der Waals surface area contributed by atoms with Crippen LogP contribution < -0.4 is 5.56 Å². The lowest BCUT2D eigenvalue weighted by molar-refractivity contribution is 1.11. The zero-order valence-electron chi connectivity index (χ0n) is 11.5. The molecule has 3 aromatic heterocycles. The van der Waals surface area contributed by atoms with Crippen molar-refractivity contribution in [1.82, 2.24) is 9.38 Å². The van der Waals surface area contributed by atoms with Crippen LogP contribution in [0.2, 0.25) is 0 Å². The van der Waals surface area contributed by atoms with Crippen LogP contribution in [0.5, 0.6) is 0 Å². The minimum Gasteiger partial charge on any atom is -0.283 e. The second-order valence-electron chi connectivity index (χ2n) is 5.04. The van der Waals surface area contributed by atoms with Crippen molar-refractivity contribution in [1.29, 1.82) is 0 Å².